The zero-order valence-corrected chi connectivity index (χ0v) is 13.4. The molecule has 0 N–H and O–H groups in total. The molecule has 25 heavy (non-hydrogen) atoms. The van der Waals surface area contributed by atoms with Crippen LogP contribution >= 0.6 is 11.8 Å². The molecular weight excluding hydrogens is 351 g/mol. The number of hydrogen-bond acceptors (Lipinski definition) is 4. The lowest BCUT2D eigenvalue weighted by Gasteiger charge is -2.13. The van der Waals surface area contributed by atoms with Gasteiger partial charge in [0, 0.05) is 0 Å². The molecule has 126 valence electrons. The Labute approximate surface area is 144 Å². The van der Waals surface area contributed by atoms with Gasteiger partial charge in [-0.05, 0) is 42.1 Å². The Kier molecular flexibility index (Phi) is 4.51. The molecule has 0 saturated carbocycles. The second-order valence-corrected chi connectivity index (χ2v) is 5.87. The van der Waals surface area contributed by atoms with Crippen LogP contribution in [-0.4, -0.2) is 9.55 Å². The number of thioether (sulfide) groups is 1. The van der Waals surface area contributed by atoms with E-state index in [-0.39, 0.29) is 22.5 Å². The molecule has 0 bridgehead atoms. The van der Waals surface area contributed by atoms with Crippen molar-refractivity contribution >= 4 is 22.7 Å². The van der Waals surface area contributed by atoms with E-state index in [2.05, 4.69) is 4.98 Å². The van der Waals surface area contributed by atoms with E-state index in [1.807, 2.05) is 5.40 Å². The summed E-state index contributed by atoms with van der Waals surface area (Å²) in [6.07, 6.45) is -4.52. The summed E-state index contributed by atoms with van der Waals surface area (Å²) < 4.78 is 40.0. The van der Waals surface area contributed by atoms with Crippen molar-refractivity contribution in [3.05, 3.63) is 70.3 Å². The largest absolute Gasteiger partial charge is 0.416 e. The maximum Gasteiger partial charge on any atom is 0.416 e. The quantitative estimate of drug-likeness (QED) is 0.659. The Morgan fingerprint density at radius 2 is 1.88 bits per heavy atom. The summed E-state index contributed by atoms with van der Waals surface area (Å²) in [6.45, 7) is 0. The molecule has 0 aliphatic carbocycles. The summed E-state index contributed by atoms with van der Waals surface area (Å²) in [5.41, 5.74) is -0.849. The molecule has 0 amide bonds. The van der Waals surface area contributed by atoms with E-state index in [0.717, 1.165) is 30.0 Å². The molecule has 8 heteroatoms. The van der Waals surface area contributed by atoms with Gasteiger partial charge in [-0.15, -0.1) is 0 Å². The average Bonchev–Trinajstić information content (AvgIpc) is 2.59. The number of nitrogens with zero attached hydrogens (tertiary/aromatic N) is 3. The van der Waals surface area contributed by atoms with Crippen LogP contribution in [-0.2, 0) is 11.9 Å². The summed E-state index contributed by atoms with van der Waals surface area (Å²) in [5.74, 6) is 0.293. The average molecular weight is 361 g/mol. The molecule has 3 aromatic rings. The molecule has 0 aliphatic rings. The summed E-state index contributed by atoms with van der Waals surface area (Å²) in [6, 6.07) is 11.5. The number of hydrogen-bond donors (Lipinski definition) is 0. The highest BCUT2D eigenvalue weighted by molar-refractivity contribution is 8.02. The third-order valence-electron chi connectivity index (χ3n) is 3.55. The molecule has 0 saturated heterocycles. The summed E-state index contributed by atoms with van der Waals surface area (Å²) in [7, 11) is 0. The van der Waals surface area contributed by atoms with Gasteiger partial charge in [-0.1, -0.05) is 18.2 Å². The van der Waals surface area contributed by atoms with Crippen molar-refractivity contribution in [3.8, 4) is 11.1 Å². The van der Waals surface area contributed by atoms with Gasteiger partial charge in [0.25, 0.3) is 5.56 Å². The van der Waals surface area contributed by atoms with Gasteiger partial charge in [0.1, 0.15) is 11.2 Å². The molecule has 0 radical (unpaired) electrons. The number of aromatic nitrogens is 2. The van der Waals surface area contributed by atoms with Crippen LogP contribution in [0.5, 0.6) is 0 Å². The number of nitriles is 1. The van der Waals surface area contributed by atoms with Crippen molar-refractivity contribution in [2.75, 3.05) is 0 Å². The van der Waals surface area contributed by atoms with E-state index in [0.29, 0.717) is 5.69 Å². The lowest BCUT2D eigenvalue weighted by Crippen LogP contribution is -2.23. The van der Waals surface area contributed by atoms with Crippen LogP contribution in [0.4, 0.5) is 13.2 Å². The summed E-state index contributed by atoms with van der Waals surface area (Å²) in [4.78, 5) is 17.0. The van der Waals surface area contributed by atoms with Crippen LogP contribution in [0.3, 0.4) is 0 Å². The molecule has 2 aromatic carbocycles. The highest BCUT2D eigenvalue weighted by Gasteiger charge is 2.31. The minimum atomic E-state index is -4.52. The van der Waals surface area contributed by atoms with E-state index in [1.54, 1.807) is 30.3 Å². The summed E-state index contributed by atoms with van der Waals surface area (Å²) in [5, 5.41) is 10.7. The normalized spacial score (nSPS) is 11.4. The third kappa shape index (κ3) is 3.37. The predicted molar refractivity (Wildman–Crippen MR) is 89.2 cm³/mol. The first-order valence-electron chi connectivity index (χ1n) is 7.11. The summed E-state index contributed by atoms with van der Waals surface area (Å²) >= 11 is 0.858. The maximum absolute atomic E-state index is 12.9. The zero-order chi connectivity index (χ0) is 18.0. The fourth-order valence-corrected chi connectivity index (χ4v) is 2.83. The molecule has 4 nitrogen and oxygen atoms in total. The molecule has 0 aliphatic heterocycles. The van der Waals surface area contributed by atoms with Crippen LogP contribution < -0.4 is 5.56 Å². The van der Waals surface area contributed by atoms with E-state index in [1.165, 1.54) is 4.57 Å². The van der Waals surface area contributed by atoms with Gasteiger partial charge in [0.05, 0.1) is 27.9 Å². The highest BCUT2D eigenvalue weighted by Crippen LogP contribution is 2.30. The Bertz CT molecular complexity index is 1020. The van der Waals surface area contributed by atoms with Crippen LogP contribution in [0.1, 0.15) is 11.4 Å². The Morgan fingerprint density at radius 3 is 2.52 bits per heavy atom. The molecule has 1 aromatic heterocycles. The fraction of sp³-hybridized carbons (Fsp3) is 0.118. The number of rotatable bonds is 3. The number of benzene rings is 2. The molecule has 0 fully saturated rings. The second-order valence-electron chi connectivity index (χ2n) is 5.11. The Morgan fingerprint density at radius 1 is 1.16 bits per heavy atom. The molecule has 0 unspecified atom stereocenters. The first-order valence-corrected chi connectivity index (χ1v) is 8.09. The van der Waals surface area contributed by atoms with Crippen molar-refractivity contribution in [1.82, 2.24) is 9.55 Å². The van der Waals surface area contributed by atoms with E-state index >= 15 is 0 Å². The number of alkyl halides is 3. The van der Waals surface area contributed by atoms with Gasteiger partial charge in [-0.2, -0.15) is 18.4 Å². The standard InChI is InChI=1S/C17H10F3N3OS/c18-17(19,20)11-6-7-13-14(8-11)22-15(9-25-10-21)23(16(13)24)12-4-2-1-3-5-12/h1-8H,9H2. The topological polar surface area (TPSA) is 58.7 Å². The number of halogens is 3. The van der Waals surface area contributed by atoms with Gasteiger partial charge >= 0.3 is 6.18 Å². The van der Waals surface area contributed by atoms with Crippen molar-refractivity contribution in [2.24, 2.45) is 0 Å². The SMILES string of the molecule is N#CSCc1nc2cc(C(F)(F)F)ccc2c(=O)n1-c1ccccc1. The molecule has 0 spiro atoms. The van der Waals surface area contributed by atoms with E-state index < -0.39 is 17.3 Å². The minimum Gasteiger partial charge on any atom is -0.268 e. The monoisotopic (exact) mass is 361 g/mol. The first kappa shape index (κ1) is 17.0. The molecule has 0 atom stereocenters. The second kappa shape index (κ2) is 6.61. The maximum atomic E-state index is 12.9. The fourth-order valence-electron chi connectivity index (χ4n) is 2.45. The lowest BCUT2D eigenvalue weighted by molar-refractivity contribution is -0.137. The predicted octanol–water partition coefficient (Wildman–Crippen LogP) is 4.12. The number of fused-ring (bicyclic) bond motifs is 1. The highest BCUT2D eigenvalue weighted by atomic mass is 32.2. The van der Waals surface area contributed by atoms with E-state index in [4.69, 9.17) is 5.26 Å². The number of para-hydroxylation sites is 1. The molecule has 3 rings (SSSR count). The number of thiocyanates is 1. The van der Waals surface area contributed by atoms with Crippen molar-refractivity contribution in [2.45, 2.75) is 11.9 Å². The van der Waals surface area contributed by atoms with Gasteiger partial charge in [0.15, 0.2) is 0 Å². The van der Waals surface area contributed by atoms with Crippen molar-refractivity contribution in [3.63, 3.8) is 0 Å². The Balaban J connectivity index is 2.30. The molecule has 1 heterocycles. The van der Waals surface area contributed by atoms with Crippen LogP contribution in [0, 0.1) is 10.7 Å². The van der Waals surface area contributed by atoms with Crippen molar-refractivity contribution in [1.29, 1.82) is 5.26 Å². The van der Waals surface area contributed by atoms with Crippen molar-refractivity contribution < 1.29 is 13.2 Å². The van der Waals surface area contributed by atoms with Gasteiger partial charge in [0.2, 0.25) is 0 Å². The van der Waals surface area contributed by atoms with Crippen LogP contribution in [0.2, 0.25) is 0 Å². The lowest BCUT2D eigenvalue weighted by atomic mass is 10.1. The first-order chi connectivity index (χ1) is 11.9. The zero-order valence-electron chi connectivity index (χ0n) is 12.6. The minimum absolute atomic E-state index is 0.0412. The van der Waals surface area contributed by atoms with E-state index in [9.17, 15) is 18.0 Å². The Hall–Kier alpha value is -2.79. The molecular formula is C17H10F3N3OS. The van der Waals surface area contributed by atoms with Crippen LogP contribution in [0.25, 0.3) is 16.6 Å². The van der Waals surface area contributed by atoms with Gasteiger partial charge < -0.3 is 0 Å². The van der Waals surface area contributed by atoms with Crippen LogP contribution in [0.15, 0.2) is 53.3 Å². The van der Waals surface area contributed by atoms with Gasteiger partial charge in [-0.3, -0.25) is 9.36 Å². The van der Waals surface area contributed by atoms with Gasteiger partial charge in [-0.25, -0.2) is 4.98 Å². The third-order valence-corrected chi connectivity index (χ3v) is 4.08. The smallest absolute Gasteiger partial charge is 0.268 e.